The molecule has 4 nitrogen and oxygen atoms in total. The number of likely N-dealkylation sites (N-methyl/N-ethyl adjacent to an activating group) is 1. The van der Waals surface area contributed by atoms with E-state index in [1.54, 1.807) is 18.4 Å². The maximum absolute atomic E-state index is 5.38. The molecule has 0 aliphatic carbocycles. The van der Waals surface area contributed by atoms with Crippen LogP contribution in [0.5, 0.6) is 5.75 Å². The van der Waals surface area contributed by atoms with E-state index in [0.29, 0.717) is 17.7 Å². The van der Waals surface area contributed by atoms with Gasteiger partial charge in [-0.1, -0.05) is 18.2 Å². The normalized spacial score (nSPS) is 12.0. The largest absolute Gasteiger partial charge is 0.497 e. The van der Waals surface area contributed by atoms with Crippen LogP contribution >= 0.6 is 23.6 Å². The van der Waals surface area contributed by atoms with E-state index in [0.717, 1.165) is 12.3 Å². The summed E-state index contributed by atoms with van der Waals surface area (Å²) in [5.74, 6) is 0.863. The lowest BCUT2D eigenvalue weighted by Gasteiger charge is -2.21. The van der Waals surface area contributed by atoms with Gasteiger partial charge in [-0.15, -0.1) is 11.3 Å². The van der Waals surface area contributed by atoms with E-state index >= 15 is 0 Å². The molecular formula is C17H24N3OS2+. The lowest BCUT2D eigenvalue weighted by molar-refractivity contribution is -0.890. The summed E-state index contributed by atoms with van der Waals surface area (Å²) in [6.07, 6.45) is 0. The van der Waals surface area contributed by atoms with Crippen LogP contribution in [0.1, 0.15) is 16.5 Å². The Morgan fingerprint density at radius 1 is 1.22 bits per heavy atom. The molecule has 0 fully saturated rings. The highest BCUT2D eigenvalue weighted by atomic mass is 32.1. The molecule has 2 rings (SSSR count). The molecule has 3 N–H and O–H groups in total. The zero-order valence-electron chi connectivity index (χ0n) is 13.8. The molecule has 1 heterocycles. The van der Waals surface area contributed by atoms with Crippen molar-refractivity contribution >= 4 is 28.7 Å². The molecule has 6 heteroatoms. The summed E-state index contributed by atoms with van der Waals surface area (Å²) in [5.41, 5.74) is 1.17. The van der Waals surface area contributed by atoms with Crippen LogP contribution in [-0.2, 0) is 6.54 Å². The molecule has 1 aromatic heterocycles. The van der Waals surface area contributed by atoms with Gasteiger partial charge in [-0.3, -0.25) is 0 Å². The Labute approximate surface area is 147 Å². The number of thiocarbonyl (C=S) groups is 1. The Morgan fingerprint density at radius 2 is 1.96 bits per heavy atom. The summed E-state index contributed by atoms with van der Waals surface area (Å²) in [6.45, 7) is 1.52. The highest BCUT2D eigenvalue weighted by Crippen LogP contribution is 2.15. The molecule has 23 heavy (non-hydrogen) atoms. The van der Waals surface area contributed by atoms with Gasteiger partial charge in [-0.05, 0) is 41.4 Å². The van der Waals surface area contributed by atoms with E-state index in [9.17, 15) is 0 Å². The average molecular weight is 351 g/mol. The van der Waals surface area contributed by atoms with Gasteiger partial charge in [0, 0.05) is 6.54 Å². The van der Waals surface area contributed by atoms with Gasteiger partial charge in [0.1, 0.15) is 11.8 Å². The van der Waals surface area contributed by atoms with Crippen LogP contribution in [0, 0.1) is 0 Å². The third-order valence-corrected chi connectivity index (χ3v) is 4.94. The predicted octanol–water partition coefficient (Wildman–Crippen LogP) is 1.61. The average Bonchev–Trinajstić information content (AvgIpc) is 3.07. The van der Waals surface area contributed by atoms with E-state index in [4.69, 9.17) is 17.0 Å². The van der Waals surface area contributed by atoms with Crippen LogP contribution in [0.2, 0.25) is 0 Å². The highest BCUT2D eigenvalue weighted by molar-refractivity contribution is 7.80. The number of benzene rings is 1. The minimum Gasteiger partial charge on any atom is -0.497 e. The topological polar surface area (TPSA) is 37.7 Å². The van der Waals surface area contributed by atoms with Crippen molar-refractivity contribution in [3.8, 4) is 5.75 Å². The second-order valence-corrected chi connectivity index (χ2v) is 6.94. The molecule has 1 aromatic carbocycles. The van der Waals surface area contributed by atoms with Crippen LogP contribution < -0.4 is 20.3 Å². The summed E-state index contributed by atoms with van der Waals surface area (Å²) in [7, 11) is 6.00. The fourth-order valence-corrected chi connectivity index (χ4v) is 3.37. The Bertz CT molecular complexity index is 597. The van der Waals surface area contributed by atoms with Crippen molar-refractivity contribution in [1.29, 1.82) is 0 Å². The first-order valence-electron chi connectivity index (χ1n) is 7.58. The van der Waals surface area contributed by atoms with Gasteiger partial charge in [-0.2, -0.15) is 0 Å². The smallest absolute Gasteiger partial charge is 0.166 e. The van der Waals surface area contributed by atoms with E-state index in [1.165, 1.54) is 15.3 Å². The van der Waals surface area contributed by atoms with Gasteiger partial charge in [0.05, 0.1) is 32.6 Å². The van der Waals surface area contributed by atoms with Crippen LogP contribution in [0.15, 0.2) is 41.8 Å². The van der Waals surface area contributed by atoms with Crippen LogP contribution in [0.3, 0.4) is 0 Å². The molecule has 0 bridgehead atoms. The Hall–Kier alpha value is -1.63. The molecule has 0 aliphatic heterocycles. The van der Waals surface area contributed by atoms with Crippen molar-refractivity contribution in [2.45, 2.75) is 12.6 Å². The number of ether oxygens (including phenoxy) is 1. The highest BCUT2D eigenvalue weighted by Gasteiger charge is 2.18. The van der Waals surface area contributed by atoms with Gasteiger partial charge in [0.2, 0.25) is 0 Å². The van der Waals surface area contributed by atoms with Gasteiger partial charge in [0.15, 0.2) is 5.11 Å². The predicted molar refractivity (Wildman–Crippen MR) is 100 cm³/mol. The minimum atomic E-state index is 0.399. The monoisotopic (exact) mass is 350 g/mol. The number of hydrogen-bond donors (Lipinski definition) is 3. The summed E-state index contributed by atoms with van der Waals surface area (Å²) in [4.78, 5) is 2.76. The van der Waals surface area contributed by atoms with Crippen molar-refractivity contribution in [3.05, 3.63) is 52.2 Å². The lowest BCUT2D eigenvalue weighted by Crippen LogP contribution is -3.06. The first-order valence-corrected chi connectivity index (χ1v) is 8.87. The molecule has 0 aliphatic rings. The minimum absolute atomic E-state index is 0.399. The standard InChI is InChI=1S/C17H23N3OS2/c1-20(2)15(16-5-4-10-23-16)12-19-17(22)18-11-13-6-8-14(21-3)9-7-13/h4-10,15H,11-12H2,1-3H3,(H2,18,19,22)/p+1/t15-/m1/s1. The van der Waals surface area contributed by atoms with Crippen LogP contribution in [0.4, 0.5) is 0 Å². The molecule has 0 amide bonds. The summed E-state index contributed by atoms with van der Waals surface area (Å²) >= 11 is 7.17. The first-order chi connectivity index (χ1) is 11.1. The van der Waals surface area contributed by atoms with Crippen LogP contribution in [0.25, 0.3) is 0 Å². The van der Waals surface area contributed by atoms with Crippen molar-refractivity contribution in [3.63, 3.8) is 0 Å². The molecule has 1 atom stereocenters. The maximum atomic E-state index is 5.38. The maximum Gasteiger partial charge on any atom is 0.166 e. The van der Waals surface area contributed by atoms with Gasteiger partial charge >= 0.3 is 0 Å². The Balaban J connectivity index is 1.79. The van der Waals surface area contributed by atoms with E-state index in [-0.39, 0.29) is 0 Å². The fourth-order valence-electron chi connectivity index (χ4n) is 2.26. The number of quaternary nitrogens is 1. The number of methoxy groups -OCH3 is 1. The fraction of sp³-hybridized carbons (Fsp3) is 0.353. The summed E-state index contributed by atoms with van der Waals surface area (Å²) < 4.78 is 5.16. The van der Waals surface area contributed by atoms with Crippen molar-refractivity contribution < 1.29 is 9.64 Å². The van der Waals surface area contributed by atoms with Crippen molar-refractivity contribution in [2.75, 3.05) is 27.7 Å². The molecule has 124 valence electrons. The second-order valence-electron chi connectivity index (χ2n) is 5.56. The van der Waals surface area contributed by atoms with Crippen LogP contribution in [-0.4, -0.2) is 32.9 Å². The second kappa shape index (κ2) is 8.86. The lowest BCUT2D eigenvalue weighted by atomic mass is 10.2. The van der Waals surface area contributed by atoms with Crippen molar-refractivity contribution in [1.82, 2.24) is 10.6 Å². The van der Waals surface area contributed by atoms with E-state index < -0.39 is 0 Å². The number of rotatable bonds is 7. The van der Waals surface area contributed by atoms with Crippen molar-refractivity contribution in [2.24, 2.45) is 0 Å². The third kappa shape index (κ3) is 5.49. The molecule has 2 aromatic rings. The van der Waals surface area contributed by atoms with E-state index in [2.05, 4.69) is 42.2 Å². The summed E-state index contributed by atoms with van der Waals surface area (Å²) in [6, 6.07) is 12.6. The van der Waals surface area contributed by atoms with E-state index in [1.807, 2.05) is 24.3 Å². The van der Waals surface area contributed by atoms with Gasteiger partial charge < -0.3 is 20.3 Å². The number of nitrogens with one attached hydrogen (secondary N) is 3. The molecule has 0 saturated heterocycles. The molecule has 0 saturated carbocycles. The first kappa shape index (κ1) is 17.7. The molecule has 0 unspecified atom stereocenters. The number of hydrogen-bond acceptors (Lipinski definition) is 3. The summed E-state index contributed by atoms with van der Waals surface area (Å²) in [5, 5.41) is 9.38. The quantitative estimate of drug-likeness (QED) is 0.663. The Kier molecular flexibility index (Phi) is 6.83. The van der Waals surface area contributed by atoms with Gasteiger partial charge in [-0.25, -0.2) is 0 Å². The molecular weight excluding hydrogens is 326 g/mol. The molecule has 0 radical (unpaired) electrons. The zero-order chi connectivity index (χ0) is 16.7. The Morgan fingerprint density at radius 3 is 2.52 bits per heavy atom. The van der Waals surface area contributed by atoms with Gasteiger partial charge in [0.25, 0.3) is 0 Å². The number of thiophene rings is 1. The zero-order valence-corrected chi connectivity index (χ0v) is 15.4. The SMILES string of the molecule is COc1ccc(CNC(=S)NC[C@H](c2cccs2)[NH+](C)C)cc1. The molecule has 0 spiro atoms. The third-order valence-electron chi connectivity index (χ3n) is 3.66.